The van der Waals surface area contributed by atoms with E-state index in [9.17, 15) is 0 Å². The lowest BCUT2D eigenvalue weighted by molar-refractivity contribution is 0.439. The van der Waals surface area contributed by atoms with Gasteiger partial charge in [-0.2, -0.15) is 0 Å². The van der Waals surface area contributed by atoms with Crippen molar-refractivity contribution in [2.24, 2.45) is 0 Å². The molecule has 0 bridgehead atoms. The summed E-state index contributed by atoms with van der Waals surface area (Å²) in [5.74, 6) is 2.93. The van der Waals surface area contributed by atoms with E-state index < -0.39 is 0 Å². The third-order valence-corrected chi connectivity index (χ3v) is 10.7. The van der Waals surface area contributed by atoms with E-state index in [-0.39, 0.29) is 5.41 Å². The fourth-order valence-electron chi connectivity index (χ4n) is 8.16. The van der Waals surface area contributed by atoms with Crippen molar-refractivity contribution in [1.82, 2.24) is 0 Å². The Morgan fingerprint density at radius 2 is 0.942 bits per heavy atom. The molecule has 8 aromatic rings. The first-order chi connectivity index (χ1) is 25.5. The Balaban J connectivity index is 1.18. The summed E-state index contributed by atoms with van der Waals surface area (Å²) in [6, 6.07) is 62.4. The van der Waals surface area contributed by atoms with Gasteiger partial charge in [0.2, 0.25) is 0 Å². The molecule has 2 aliphatic rings. The highest BCUT2D eigenvalue weighted by Crippen LogP contribution is 2.52. The number of benzene rings is 8. The first kappa shape index (κ1) is 30.3. The summed E-state index contributed by atoms with van der Waals surface area (Å²) >= 11 is 0. The molecule has 1 aliphatic carbocycles. The van der Waals surface area contributed by atoms with E-state index in [2.05, 4.69) is 164 Å². The molecule has 10 rings (SSSR count). The van der Waals surface area contributed by atoms with Crippen LogP contribution in [0.25, 0.3) is 44.2 Å². The van der Waals surface area contributed by atoms with Crippen LogP contribution in [0.15, 0.2) is 176 Å². The molecule has 0 saturated heterocycles. The normalized spacial score (nSPS) is 13.3. The van der Waals surface area contributed by atoms with Crippen molar-refractivity contribution in [3.8, 4) is 56.4 Å². The Kier molecular flexibility index (Phi) is 6.84. The number of hydrogen-bond acceptors (Lipinski definition) is 3. The van der Waals surface area contributed by atoms with Gasteiger partial charge < -0.3 is 14.4 Å². The van der Waals surface area contributed by atoms with Gasteiger partial charge in [0.15, 0.2) is 11.5 Å². The highest BCUT2D eigenvalue weighted by molar-refractivity contribution is 5.95. The number of nitrogens with zero attached hydrogens (tertiary/aromatic N) is 1. The molecule has 8 aromatic carbocycles. The van der Waals surface area contributed by atoms with Gasteiger partial charge in [-0.15, -0.1) is 0 Å². The topological polar surface area (TPSA) is 21.7 Å². The van der Waals surface area contributed by atoms with Crippen molar-refractivity contribution in [3.63, 3.8) is 0 Å². The summed E-state index contributed by atoms with van der Waals surface area (Å²) in [6.45, 7) is 4.67. The van der Waals surface area contributed by atoms with Gasteiger partial charge >= 0.3 is 0 Å². The molecule has 0 amide bonds. The van der Waals surface area contributed by atoms with Crippen LogP contribution in [0, 0.1) is 0 Å². The number of fused-ring (bicyclic) bond motifs is 4. The summed E-state index contributed by atoms with van der Waals surface area (Å²) in [7, 11) is 0. The maximum Gasteiger partial charge on any atom is 0.172 e. The maximum absolute atomic E-state index is 6.70. The van der Waals surface area contributed by atoms with Crippen LogP contribution in [0.2, 0.25) is 0 Å². The van der Waals surface area contributed by atoms with Gasteiger partial charge in [0, 0.05) is 22.9 Å². The van der Waals surface area contributed by atoms with Gasteiger partial charge in [0.05, 0.1) is 11.1 Å². The molecule has 0 N–H and O–H groups in total. The number of hydrogen-bond donors (Lipinski definition) is 0. The summed E-state index contributed by atoms with van der Waals surface area (Å²) in [5.41, 5.74) is 12.9. The van der Waals surface area contributed by atoms with E-state index in [0.29, 0.717) is 11.5 Å². The van der Waals surface area contributed by atoms with Crippen LogP contribution < -0.4 is 14.4 Å². The Morgan fingerprint density at radius 1 is 0.385 bits per heavy atom. The smallest absolute Gasteiger partial charge is 0.172 e. The third-order valence-electron chi connectivity index (χ3n) is 10.7. The molecule has 52 heavy (non-hydrogen) atoms. The van der Waals surface area contributed by atoms with Crippen LogP contribution >= 0.6 is 0 Å². The molecule has 0 fully saturated rings. The molecular formula is C49H35NO2. The van der Waals surface area contributed by atoms with Gasteiger partial charge in [-0.1, -0.05) is 135 Å². The van der Waals surface area contributed by atoms with E-state index in [1.54, 1.807) is 0 Å². The average Bonchev–Trinajstić information content (AvgIpc) is 3.30. The van der Waals surface area contributed by atoms with Gasteiger partial charge in [0.1, 0.15) is 11.5 Å². The highest BCUT2D eigenvalue weighted by Gasteiger charge is 2.36. The molecule has 0 atom stereocenters. The first-order valence-corrected chi connectivity index (χ1v) is 17.8. The molecule has 0 unspecified atom stereocenters. The zero-order valence-electron chi connectivity index (χ0n) is 29.0. The predicted octanol–water partition coefficient (Wildman–Crippen LogP) is 13.8. The lowest BCUT2D eigenvalue weighted by Gasteiger charge is -2.29. The minimum Gasteiger partial charge on any atom is -0.453 e. The van der Waals surface area contributed by atoms with E-state index in [1.165, 1.54) is 44.5 Å². The summed E-state index contributed by atoms with van der Waals surface area (Å²) in [4.78, 5) is 2.35. The minimum atomic E-state index is -0.144. The SMILES string of the molecule is CC1(C)c2ccccc2-c2ccc(N(c3ccc4c(c3)Oc3cccc5cccc(c35)O4)c3ccc(-c4ccccc4)c(-c4ccccc4)c3)cc21. The summed E-state index contributed by atoms with van der Waals surface area (Å²) < 4.78 is 13.2. The quantitative estimate of drug-likeness (QED) is 0.182. The largest absolute Gasteiger partial charge is 0.453 e. The van der Waals surface area contributed by atoms with E-state index in [0.717, 1.165) is 39.3 Å². The minimum absolute atomic E-state index is 0.144. The van der Waals surface area contributed by atoms with Crippen molar-refractivity contribution in [3.05, 3.63) is 187 Å². The van der Waals surface area contributed by atoms with E-state index in [4.69, 9.17) is 9.47 Å². The molecule has 0 saturated carbocycles. The van der Waals surface area contributed by atoms with Crippen LogP contribution in [0.4, 0.5) is 17.1 Å². The fraction of sp³-hybridized carbons (Fsp3) is 0.0612. The van der Waals surface area contributed by atoms with Crippen molar-refractivity contribution < 1.29 is 9.47 Å². The van der Waals surface area contributed by atoms with Gasteiger partial charge in [-0.3, -0.25) is 0 Å². The van der Waals surface area contributed by atoms with Gasteiger partial charge in [-0.05, 0) is 98.4 Å². The van der Waals surface area contributed by atoms with Crippen LogP contribution in [0.5, 0.6) is 23.0 Å². The number of rotatable bonds is 5. The number of anilines is 3. The third kappa shape index (κ3) is 4.81. The van der Waals surface area contributed by atoms with Crippen molar-refractivity contribution >= 4 is 27.8 Å². The molecular weight excluding hydrogens is 635 g/mol. The Bertz CT molecular complexity index is 2660. The predicted molar refractivity (Wildman–Crippen MR) is 214 cm³/mol. The summed E-state index contributed by atoms with van der Waals surface area (Å²) in [6.07, 6.45) is 0. The Morgan fingerprint density at radius 3 is 1.67 bits per heavy atom. The highest BCUT2D eigenvalue weighted by atomic mass is 16.5. The molecule has 0 aromatic heterocycles. The molecule has 0 spiro atoms. The fourth-order valence-corrected chi connectivity index (χ4v) is 8.16. The second-order valence-electron chi connectivity index (χ2n) is 14.1. The van der Waals surface area contributed by atoms with Crippen LogP contribution in [0.3, 0.4) is 0 Å². The molecule has 1 aliphatic heterocycles. The molecule has 0 radical (unpaired) electrons. The molecule has 3 heteroatoms. The zero-order valence-corrected chi connectivity index (χ0v) is 29.0. The second kappa shape index (κ2) is 11.8. The molecule has 1 heterocycles. The van der Waals surface area contributed by atoms with Crippen LogP contribution in [-0.2, 0) is 5.41 Å². The van der Waals surface area contributed by atoms with E-state index >= 15 is 0 Å². The Hall–Kier alpha value is -6.58. The standard InChI is InChI=1S/C49H35NO2/c1-49(2)42-20-10-9-19-39(42)40-27-24-36(30-43(40)49)50(35-23-26-38(32-13-5-3-6-14-32)41(29-35)33-15-7-4-8-16-33)37-25-28-44-47(31-37)52-46-22-12-18-34-17-11-21-45(51-44)48(34)46/h3-31H,1-2H3. The molecule has 248 valence electrons. The number of ether oxygens (including phenoxy) is 2. The van der Waals surface area contributed by atoms with Gasteiger partial charge in [0.25, 0.3) is 0 Å². The first-order valence-electron chi connectivity index (χ1n) is 17.8. The maximum atomic E-state index is 6.70. The Labute approximate surface area is 304 Å². The van der Waals surface area contributed by atoms with Crippen LogP contribution in [0.1, 0.15) is 25.0 Å². The van der Waals surface area contributed by atoms with Gasteiger partial charge in [-0.25, -0.2) is 0 Å². The lowest BCUT2D eigenvalue weighted by Crippen LogP contribution is -2.16. The van der Waals surface area contributed by atoms with Crippen molar-refractivity contribution in [1.29, 1.82) is 0 Å². The molecule has 3 nitrogen and oxygen atoms in total. The lowest BCUT2D eigenvalue weighted by atomic mass is 9.82. The average molecular weight is 670 g/mol. The summed E-state index contributed by atoms with van der Waals surface area (Å²) in [5, 5.41) is 2.06. The van der Waals surface area contributed by atoms with Crippen molar-refractivity contribution in [2.45, 2.75) is 19.3 Å². The zero-order chi connectivity index (χ0) is 34.8. The van der Waals surface area contributed by atoms with E-state index in [1.807, 2.05) is 30.3 Å². The van der Waals surface area contributed by atoms with Crippen LogP contribution in [-0.4, -0.2) is 0 Å². The van der Waals surface area contributed by atoms with Crippen molar-refractivity contribution in [2.75, 3.05) is 4.90 Å². The second-order valence-corrected chi connectivity index (χ2v) is 14.1. The monoisotopic (exact) mass is 669 g/mol.